The van der Waals surface area contributed by atoms with Crippen molar-refractivity contribution in [2.75, 3.05) is 11.1 Å². The molecule has 0 bridgehead atoms. The number of amides is 1. The lowest BCUT2D eigenvalue weighted by atomic mass is 10.1. The van der Waals surface area contributed by atoms with Crippen molar-refractivity contribution >= 4 is 28.9 Å². The van der Waals surface area contributed by atoms with Gasteiger partial charge >= 0.3 is 0 Å². The standard InChI is InChI=1S/C10H11ClN2O2/c1-2-8-10(14)13-7-4-5(12)3-6(11)9(7)15-8/h3-4,8H,2,12H2,1H3,(H,13,14). The third kappa shape index (κ3) is 1.72. The number of hydrogen-bond acceptors (Lipinski definition) is 3. The molecule has 0 aliphatic carbocycles. The first kappa shape index (κ1) is 10.1. The average Bonchev–Trinajstić information content (AvgIpc) is 2.16. The molecule has 0 radical (unpaired) electrons. The highest BCUT2D eigenvalue weighted by molar-refractivity contribution is 6.33. The normalized spacial score (nSPS) is 19.1. The zero-order valence-corrected chi connectivity index (χ0v) is 8.97. The van der Waals surface area contributed by atoms with Gasteiger partial charge in [-0.3, -0.25) is 4.79 Å². The molecule has 15 heavy (non-hydrogen) atoms. The molecule has 2 rings (SSSR count). The molecule has 0 spiro atoms. The van der Waals surface area contributed by atoms with Crippen LogP contribution in [0.1, 0.15) is 13.3 Å². The van der Waals surface area contributed by atoms with Crippen molar-refractivity contribution in [2.45, 2.75) is 19.4 Å². The second-order valence-electron chi connectivity index (χ2n) is 3.38. The molecule has 0 fully saturated rings. The topological polar surface area (TPSA) is 64.3 Å². The van der Waals surface area contributed by atoms with Crippen molar-refractivity contribution in [2.24, 2.45) is 0 Å². The molecule has 1 heterocycles. The van der Waals surface area contributed by atoms with Crippen molar-refractivity contribution < 1.29 is 9.53 Å². The van der Waals surface area contributed by atoms with Crippen LogP contribution in [0, 0.1) is 0 Å². The Bertz CT molecular complexity index is 420. The van der Waals surface area contributed by atoms with Crippen LogP contribution in [0.5, 0.6) is 5.75 Å². The molecule has 0 saturated carbocycles. The molecule has 0 aromatic heterocycles. The maximum atomic E-state index is 11.5. The molecular formula is C10H11ClN2O2. The first-order valence-electron chi connectivity index (χ1n) is 4.68. The first-order valence-corrected chi connectivity index (χ1v) is 5.06. The van der Waals surface area contributed by atoms with E-state index in [0.717, 1.165) is 0 Å². The van der Waals surface area contributed by atoms with Gasteiger partial charge in [0.2, 0.25) is 0 Å². The molecule has 1 aliphatic rings. The molecular weight excluding hydrogens is 216 g/mol. The van der Waals surface area contributed by atoms with E-state index in [1.807, 2.05) is 6.92 Å². The van der Waals surface area contributed by atoms with E-state index >= 15 is 0 Å². The number of nitrogen functional groups attached to an aromatic ring is 1. The number of anilines is 2. The summed E-state index contributed by atoms with van der Waals surface area (Å²) in [6.07, 6.45) is 0.130. The van der Waals surface area contributed by atoms with Gasteiger partial charge in [0, 0.05) is 5.69 Å². The summed E-state index contributed by atoms with van der Waals surface area (Å²) in [5.74, 6) is 0.337. The Morgan fingerprint density at radius 2 is 2.33 bits per heavy atom. The van der Waals surface area contributed by atoms with Gasteiger partial charge in [-0.1, -0.05) is 18.5 Å². The number of carbonyl (C=O) groups excluding carboxylic acids is 1. The molecule has 1 aliphatic heterocycles. The molecule has 1 amide bonds. The van der Waals surface area contributed by atoms with Crippen LogP contribution in [-0.2, 0) is 4.79 Å². The van der Waals surface area contributed by atoms with Gasteiger partial charge in [0.15, 0.2) is 11.9 Å². The summed E-state index contributed by atoms with van der Waals surface area (Å²) in [5.41, 5.74) is 6.64. The van der Waals surface area contributed by atoms with Crippen LogP contribution < -0.4 is 15.8 Å². The summed E-state index contributed by atoms with van der Waals surface area (Å²) in [4.78, 5) is 11.5. The van der Waals surface area contributed by atoms with E-state index in [4.69, 9.17) is 22.1 Å². The third-order valence-electron chi connectivity index (χ3n) is 2.25. The van der Waals surface area contributed by atoms with Crippen LogP contribution >= 0.6 is 11.6 Å². The lowest BCUT2D eigenvalue weighted by molar-refractivity contribution is -0.123. The number of carbonyl (C=O) groups is 1. The Balaban J connectivity index is 2.45. The highest BCUT2D eigenvalue weighted by Crippen LogP contribution is 2.38. The van der Waals surface area contributed by atoms with E-state index in [-0.39, 0.29) is 5.91 Å². The maximum absolute atomic E-state index is 11.5. The summed E-state index contributed by atoms with van der Waals surface area (Å²) in [6, 6.07) is 3.23. The van der Waals surface area contributed by atoms with Gasteiger partial charge in [0.05, 0.1) is 10.7 Å². The van der Waals surface area contributed by atoms with Gasteiger partial charge < -0.3 is 15.8 Å². The fourth-order valence-corrected chi connectivity index (χ4v) is 1.78. The van der Waals surface area contributed by atoms with Crippen LogP contribution in [0.2, 0.25) is 5.02 Å². The third-order valence-corrected chi connectivity index (χ3v) is 2.53. The van der Waals surface area contributed by atoms with Crippen LogP contribution in [0.15, 0.2) is 12.1 Å². The Morgan fingerprint density at radius 1 is 1.60 bits per heavy atom. The molecule has 5 heteroatoms. The molecule has 80 valence electrons. The van der Waals surface area contributed by atoms with Gasteiger partial charge in [-0.2, -0.15) is 0 Å². The number of hydrogen-bond donors (Lipinski definition) is 2. The van der Waals surface area contributed by atoms with Crippen molar-refractivity contribution in [1.82, 2.24) is 0 Å². The van der Waals surface area contributed by atoms with Crippen molar-refractivity contribution in [3.05, 3.63) is 17.2 Å². The second-order valence-corrected chi connectivity index (χ2v) is 3.79. The largest absolute Gasteiger partial charge is 0.477 e. The lowest BCUT2D eigenvalue weighted by Crippen LogP contribution is -2.36. The Morgan fingerprint density at radius 3 is 3.00 bits per heavy atom. The molecule has 1 aromatic carbocycles. The van der Waals surface area contributed by atoms with E-state index in [2.05, 4.69) is 5.32 Å². The number of nitrogens with two attached hydrogens (primary N) is 1. The fraction of sp³-hybridized carbons (Fsp3) is 0.300. The smallest absolute Gasteiger partial charge is 0.265 e. The molecule has 4 nitrogen and oxygen atoms in total. The van der Waals surface area contributed by atoms with Crippen LogP contribution in [0.4, 0.5) is 11.4 Å². The minimum Gasteiger partial charge on any atom is -0.477 e. The molecule has 1 atom stereocenters. The van der Waals surface area contributed by atoms with E-state index in [1.54, 1.807) is 12.1 Å². The fourth-order valence-electron chi connectivity index (χ4n) is 1.50. The minimum atomic E-state index is -0.473. The molecule has 1 aromatic rings. The Labute approximate surface area is 92.4 Å². The van der Waals surface area contributed by atoms with E-state index in [1.165, 1.54) is 0 Å². The number of rotatable bonds is 1. The number of nitrogens with one attached hydrogen (secondary N) is 1. The molecule has 1 unspecified atom stereocenters. The van der Waals surface area contributed by atoms with E-state index in [9.17, 15) is 4.79 Å². The van der Waals surface area contributed by atoms with Crippen LogP contribution in [0.3, 0.4) is 0 Å². The predicted molar refractivity (Wildman–Crippen MR) is 59.2 cm³/mol. The van der Waals surface area contributed by atoms with Crippen molar-refractivity contribution in [3.63, 3.8) is 0 Å². The SMILES string of the molecule is CCC1Oc2c(Cl)cc(N)cc2NC1=O. The summed E-state index contributed by atoms with van der Waals surface area (Å²) in [7, 11) is 0. The van der Waals surface area contributed by atoms with Crippen molar-refractivity contribution in [3.8, 4) is 5.75 Å². The van der Waals surface area contributed by atoms with Crippen molar-refractivity contribution in [1.29, 1.82) is 0 Å². The van der Waals surface area contributed by atoms with Gasteiger partial charge in [-0.25, -0.2) is 0 Å². The van der Waals surface area contributed by atoms with Gasteiger partial charge in [0.25, 0.3) is 5.91 Å². The maximum Gasteiger partial charge on any atom is 0.265 e. The zero-order chi connectivity index (χ0) is 11.0. The highest BCUT2D eigenvalue weighted by atomic mass is 35.5. The predicted octanol–water partition coefficient (Wildman–Crippen LogP) is 2.03. The summed E-state index contributed by atoms with van der Waals surface area (Å²) in [5, 5.41) is 3.13. The number of benzene rings is 1. The summed E-state index contributed by atoms with van der Waals surface area (Å²) >= 11 is 5.96. The zero-order valence-electron chi connectivity index (χ0n) is 8.21. The molecule has 3 N–H and O–H groups in total. The Kier molecular flexibility index (Phi) is 2.44. The van der Waals surface area contributed by atoms with E-state index < -0.39 is 6.10 Å². The summed E-state index contributed by atoms with van der Waals surface area (Å²) < 4.78 is 5.48. The molecule has 0 saturated heterocycles. The van der Waals surface area contributed by atoms with Gasteiger partial charge in [0.1, 0.15) is 0 Å². The monoisotopic (exact) mass is 226 g/mol. The first-order chi connectivity index (χ1) is 7.11. The number of ether oxygens (including phenoxy) is 1. The summed E-state index contributed by atoms with van der Waals surface area (Å²) in [6.45, 7) is 1.88. The number of halogens is 1. The van der Waals surface area contributed by atoms with Crippen LogP contribution in [0.25, 0.3) is 0 Å². The second kappa shape index (κ2) is 3.62. The Hall–Kier alpha value is -1.42. The highest BCUT2D eigenvalue weighted by Gasteiger charge is 2.27. The quantitative estimate of drug-likeness (QED) is 0.721. The van der Waals surface area contributed by atoms with E-state index in [0.29, 0.717) is 28.6 Å². The minimum absolute atomic E-state index is 0.160. The van der Waals surface area contributed by atoms with Gasteiger partial charge in [-0.05, 0) is 18.6 Å². The lowest BCUT2D eigenvalue weighted by Gasteiger charge is -2.25. The van der Waals surface area contributed by atoms with Gasteiger partial charge in [-0.15, -0.1) is 0 Å². The average molecular weight is 227 g/mol. The van der Waals surface area contributed by atoms with Crippen LogP contribution in [-0.4, -0.2) is 12.0 Å². The number of fused-ring (bicyclic) bond motifs is 1.